The van der Waals surface area contributed by atoms with Gasteiger partial charge >= 0.3 is 0 Å². The van der Waals surface area contributed by atoms with E-state index in [0.717, 1.165) is 49.5 Å². The van der Waals surface area contributed by atoms with Crippen molar-refractivity contribution in [1.29, 1.82) is 0 Å². The summed E-state index contributed by atoms with van der Waals surface area (Å²) in [5, 5.41) is 6.93. The molecular formula is C19H25N3OS. The number of ether oxygens (including phenoxy) is 1. The van der Waals surface area contributed by atoms with Gasteiger partial charge in [-0.2, -0.15) is 0 Å². The Labute approximate surface area is 149 Å². The quantitative estimate of drug-likeness (QED) is 0.558. The van der Waals surface area contributed by atoms with Crippen LogP contribution in [0.25, 0.3) is 0 Å². The van der Waals surface area contributed by atoms with E-state index in [2.05, 4.69) is 34.7 Å². The summed E-state index contributed by atoms with van der Waals surface area (Å²) < 4.78 is 5.79. The van der Waals surface area contributed by atoms with Crippen LogP contribution in [0.4, 0.5) is 5.82 Å². The second-order valence-electron chi connectivity index (χ2n) is 5.66. The Balaban J connectivity index is 1.74. The van der Waals surface area contributed by atoms with Gasteiger partial charge in [-0.1, -0.05) is 25.1 Å². The van der Waals surface area contributed by atoms with Crippen molar-refractivity contribution in [2.75, 3.05) is 18.5 Å². The van der Waals surface area contributed by atoms with Gasteiger partial charge in [-0.25, -0.2) is 4.98 Å². The molecule has 1 aromatic carbocycles. The first-order valence-corrected chi connectivity index (χ1v) is 8.78. The average molecular weight is 343 g/mol. The van der Waals surface area contributed by atoms with Crippen LogP contribution >= 0.6 is 12.2 Å². The molecule has 2 N–H and O–H groups in total. The first kappa shape index (κ1) is 18.2. The highest BCUT2D eigenvalue weighted by atomic mass is 32.1. The summed E-state index contributed by atoms with van der Waals surface area (Å²) in [7, 11) is 0. The topological polar surface area (TPSA) is 46.2 Å². The van der Waals surface area contributed by atoms with Crippen molar-refractivity contribution in [3.63, 3.8) is 0 Å². The van der Waals surface area contributed by atoms with Gasteiger partial charge in [0.05, 0.1) is 6.61 Å². The van der Waals surface area contributed by atoms with Gasteiger partial charge in [-0.3, -0.25) is 0 Å². The van der Waals surface area contributed by atoms with Gasteiger partial charge in [0.25, 0.3) is 0 Å². The van der Waals surface area contributed by atoms with Crippen LogP contribution in [0.5, 0.6) is 5.75 Å². The lowest BCUT2D eigenvalue weighted by Gasteiger charge is -2.12. The molecule has 0 aliphatic carbocycles. The van der Waals surface area contributed by atoms with Crippen molar-refractivity contribution < 1.29 is 4.74 Å². The van der Waals surface area contributed by atoms with Crippen molar-refractivity contribution >= 4 is 23.1 Å². The van der Waals surface area contributed by atoms with E-state index in [9.17, 15) is 0 Å². The van der Waals surface area contributed by atoms with Crippen LogP contribution in [0.1, 0.15) is 30.9 Å². The van der Waals surface area contributed by atoms with Crippen LogP contribution in [0.2, 0.25) is 0 Å². The van der Waals surface area contributed by atoms with E-state index in [1.54, 1.807) is 6.20 Å². The number of pyridine rings is 1. The Morgan fingerprint density at radius 3 is 2.88 bits per heavy atom. The smallest absolute Gasteiger partial charge is 0.171 e. The van der Waals surface area contributed by atoms with Crippen LogP contribution in [-0.2, 0) is 6.42 Å². The van der Waals surface area contributed by atoms with Crippen molar-refractivity contribution in [2.24, 2.45) is 0 Å². The largest absolute Gasteiger partial charge is 0.493 e. The molecule has 2 rings (SSSR count). The molecule has 0 amide bonds. The first-order valence-electron chi connectivity index (χ1n) is 8.37. The Hall–Kier alpha value is -2.14. The number of benzene rings is 1. The highest BCUT2D eigenvalue weighted by Gasteiger charge is 2.03. The zero-order valence-corrected chi connectivity index (χ0v) is 15.2. The summed E-state index contributed by atoms with van der Waals surface area (Å²) >= 11 is 5.31. The second kappa shape index (κ2) is 9.88. The molecule has 0 unspecified atom stereocenters. The van der Waals surface area contributed by atoms with Crippen LogP contribution in [0.3, 0.4) is 0 Å². The standard InChI is InChI=1S/C19H25N3OS/c1-3-13-23-17-9-5-4-7-16(17)8-6-11-21-19(24)22-18-14-15(2)10-12-20-18/h4-5,7,9-10,12,14H,3,6,8,11,13H2,1-2H3,(H2,20,21,22,24). The van der Waals surface area contributed by atoms with Crippen LogP contribution in [0.15, 0.2) is 42.6 Å². The minimum absolute atomic E-state index is 0.601. The molecule has 4 nitrogen and oxygen atoms in total. The average Bonchev–Trinajstić information content (AvgIpc) is 2.58. The predicted octanol–water partition coefficient (Wildman–Crippen LogP) is 4.10. The monoisotopic (exact) mass is 343 g/mol. The molecule has 1 heterocycles. The van der Waals surface area contributed by atoms with Gasteiger partial charge in [0.2, 0.25) is 0 Å². The van der Waals surface area contributed by atoms with E-state index in [-0.39, 0.29) is 0 Å². The number of nitrogens with one attached hydrogen (secondary N) is 2. The number of anilines is 1. The number of aromatic nitrogens is 1. The SMILES string of the molecule is CCCOc1ccccc1CCCNC(=S)Nc1cc(C)ccn1. The Morgan fingerprint density at radius 1 is 1.25 bits per heavy atom. The van der Waals surface area contributed by atoms with Crippen molar-refractivity contribution in [1.82, 2.24) is 10.3 Å². The molecule has 1 aromatic heterocycles. The molecule has 2 aromatic rings. The molecule has 5 heteroatoms. The minimum atomic E-state index is 0.601. The molecule has 128 valence electrons. The van der Waals surface area contributed by atoms with E-state index < -0.39 is 0 Å². The number of rotatable bonds is 8. The van der Waals surface area contributed by atoms with Crippen LogP contribution in [0, 0.1) is 6.92 Å². The lowest BCUT2D eigenvalue weighted by atomic mass is 10.1. The molecule has 0 aliphatic rings. The molecule has 0 fully saturated rings. The Bertz CT molecular complexity index is 661. The molecule has 0 aliphatic heterocycles. The van der Waals surface area contributed by atoms with Gasteiger partial charge in [0.1, 0.15) is 11.6 Å². The Morgan fingerprint density at radius 2 is 2.08 bits per heavy atom. The first-order chi connectivity index (χ1) is 11.7. The van der Waals surface area contributed by atoms with Crippen LogP contribution in [-0.4, -0.2) is 23.2 Å². The number of nitrogens with zero attached hydrogens (tertiary/aromatic N) is 1. The zero-order chi connectivity index (χ0) is 17.2. The fraction of sp³-hybridized carbons (Fsp3) is 0.368. The maximum absolute atomic E-state index is 5.79. The molecule has 0 atom stereocenters. The normalized spacial score (nSPS) is 10.2. The Kier molecular flexibility index (Phi) is 7.49. The number of hydrogen-bond donors (Lipinski definition) is 2. The third-order valence-corrected chi connectivity index (χ3v) is 3.75. The zero-order valence-electron chi connectivity index (χ0n) is 14.3. The van der Waals surface area contributed by atoms with Gasteiger partial charge < -0.3 is 15.4 Å². The lowest BCUT2D eigenvalue weighted by Crippen LogP contribution is -2.29. The number of aryl methyl sites for hydroxylation is 2. The van der Waals surface area contributed by atoms with Crippen molar-refractivity contribution in [2.45, 2.75) is 33.1 Å². The third-order valence-electron chi connectivity index (χ3n) is 3.50. The maximum Gasteiger partial charge on any atom is 0.171 e. The summed E-state index contributed by atoms with van der Waals surface area (Å²) in [5.41, 5.74) is 2.39. The molecule has 0 radical (unpaired) electrons. The van der Waals surface area contributed by atoms with Crippen molar-refractivity contribution in [3.05, 3.63) is 53.7 Å². The highest BCUT2D eigenvalue weighted by molar-refractivity contribution is 7.80. The van der Waals surface area contributed by atoms with E-state index in [1.807, 2.05) is 31.2 Å². The molecule has 0 saturated heterocycles. The van der Waals surface area contributed by atoms with Crippen molar-refractivity contribution in [3.8, 4) is 5.75 Å². The summed E-state index contributed by atoms with van der Waals surface area (Å²) in [4.78, 5) is 4.24. The number of thiocarbonyl (C=S) groups is 1. The fourth-order valence-electron chi connectivity index (χ4n) is 2.31. The lowest BCUT2D eigenvalue weighted by molar-refractivity contribution is 0.314. The number of para-hydroxylation sites is 1. The molecule has 0 bridgehead atoms. The fourth-order valence-corrected chi connectivity index (χ4v) is 2.52. The van der Waals surface area contributed by atoms with E-state index in [4.69, 9.17) is 17.0 Å². The van der Waals surface area contributed by atoms with Gasteiger partial charge in [0, 0.05) is 12.7 Å². The number of hydrogen-bond acceptors (Lipinski definition) is 3. The highest BCUT2D eigenvalue weighted by Crippen LogP contribution is 2.19. The molecule has 24 heavy (non-hydrogen) atoms. The van der Waals surface area contributed by atoms with Gasteiger partial charge in [-0.05, 0) is 67.7 Å². The van der Waals surface area contributed by atoms with E-state index in [0.29, 0.717) is 5.11 Å². The van der Waals surface area contributed by atoms with Crippen LogP contribution < -0.4 is 15.4 Å². The summed E-state index contributed by atoms with van der Waals surface area (Å²) in [6, 6.07) is 12.2. The second-order valence-corrected chi connectivity index (χ2v) is 6.07. The third kappa shape index (κ3) is 6.16. The van der Waals surface area contributed by atoms with E-state index >= 15 is 0 Å². The summed E-state index contributed by atoms with van der Waals surface area (Å²) in [6.45, 7) is 5.71. The predicted molar refractivity (Wildman–Crippen MR) is 104 cm³/mol. The summed E-state index contributed by atoms with van der Waals surface area (Å²) in [5.74, 6) is 1.76. The van der Waals surface area contributed by atoms with Gasteiger partial charge in [0.15, 0.2) is 5.11 Å². The van der Waals surface area contributed by atoms with E-state index in [1.165, 1.54) is 5.56 Å². The summed E-state index contributed by atoms with van der Waals surface area (Å²) in [6.07, 6.45) is 4.73. The minimum Gasteiger partial charge on any atom is -0.493 e. The molecule has 0 saturated carbocycles. The molecular weight excluding hydrogens is 318 g/mol. The maximum atomic E-state index is 5.79. The molecule has 0 spiro atoms. The van der Waals surface area contributed by atoms with Gasteiger partial charge in [-0.15, -0.1) is 0 Å².